The van der Waals surface area contributed by atoms with E-state index in [1.807, 2.05) is 39.8 Å². The number of methoxy groups -OCH3 is 1. The van der Waals surface area contributed by atoms with Crippen molar-refractivity contribution in [3.8, 4) is 17.6 Å². The summed E-state index contributed by atoms with van der Waals surface area (Å²) in [6.45, 7) is 7.34. The lowest BCUT2D eigenvalue weighted by atomic mass is 9.73. The third-order valence-corrected chi connectivity index (χ3v) is 6.54. The molecule has 2 atom stereocenters. The zero-order valence-electron chi connectivity index (χ0n) is 23.2. The number of nitrogens with zero attached hydrogens (tertiary/aromatic N) is 6. The largest absolute Gasteiger partial charge is 0.479 e. The van der Waals surface area contributed by atoms with Crippen LogP contribution in [0.2, 0.25) is 0 Å². The van der Waals surface area contributed by atoms with E-state index in [2.05, 4.69) is 30.8 Å². The monoisotopic (exact) mass is 548 g/mol. The number of aromatic nitrogens is 5. The Kier molecular flexibility index (Phi) is 8.62. The van der Waals surface area contributed by atoms with Gasteiger partial charge in [0.2, 0.25) is 5.88 Å². The second-order valence-corrected chi connectivity index (χ2v) is 10.6. The molecule has 2 N–H and O–H groups in total. The van der Waals surface area contributed by atoms with Crippen molar-refractivity contribution in [3.05, 3.63) is 53.9 Å². The molecule has 1 saturated carbocycles. The maximum Gasteiger partial charge on any atom is 0.407 e. The third-order valence-electron chi connectivity index (χ3n) is 6.54. The molecule has 11 nitrogen and oxygen atoms in total. The molecule has 4 rings (SSSR count). The number of nitriles is 1. The highest BCUT2D eigenvalue weighted by Crippen LogP contribution is 2.36. The van der Waals surface area contributed by atoms with Gasteiger partial charge in [-0.2, -0.15) is 15.5 Å². The zero-order chi connectivity index (χ0) is 28.9. The van der Waals surface area contributed by atoms with Crippen molar-refractivity contribution in [2.24, 2.45) is 11.8 Å². The van der Waals surface area contributed by atoms with E-state index < -0.39 is 17.5 Å². The van der Waals surface area contributed by atoms with Crippen LogP contribution < -0.4 is 15.4 Å². The molecule has 210 valence electrons. The Bertz CT molecular complexity index is 1410. The van der Waals surface area contributed by atoms with Crippen molar-refractivity contribution in [3.63, 3.8) is 0 Å². The normalized spacial score (nSPS) is 15.1. The second-order valence-electron chi connectivity index (χ2n) is 10.6. The lowest BCUT2D eigenvalue weighted by molar-refractivity contribution is 0.0480. The van der Waals surface area contributed by atoms with Gasteiger partial charge in [0.15, 0.2) is 0 Å². The first-order valence-electron chi connectivity index (χ1n) is 13.0. The standard InChI is InChI=1S/C28H33FN8O3/c1-17(34-27(38)40-28(2,3)4)21(18-7-6-8-18)9-10-23-22(29)13-19(15-30)25(36-23)35-20-14-24(26(39-5)31-16-20)37-32-11-12-33-37/h9-14,16-18,21H,6-8H2,1-5H3,(H,34,38)(H,35,36)/b10-9+/t17-,21-/m0/s1. The molecule has 0 aromatic carbocycles. The number of rotatable bonds is 9. The summed E-state index contributed by atoms with van der Waals surface area (Å²) in [6.07, 6.45) is 10.7. The molecule has 0 unspecified atom stereocenters. The minimum atomic E-state index is -0.632. The lowest BCUT2D eigenvalue weighted by Gasteiger charge is -2.36. The highest BCUT2D eigenvalue weighted by Gasteiger charge is 2.31. The van der Waals surface area contributed by atoms with Crippen molar-refractivity contribution in [1.29, 1.82) is 5.26 Å². The molecule has 0 radical (unpaired) electrons. The number of nitrogens with one attached hydrogen (secondary N) is 2. The first-order valence-corrected chi connectivity index (χ1v) is 13.0. The average molecular weight is 549 g/mol. The van der Waals surface area contributed by atoms with Crippen LogP contribution in [0.15, 0.2) is 36.8 Å². The number of halogens is 1. The van der Waals surface area contributed by atoms with Crippen molar-refractivity contribution in [2.45, 2.75) is 58.6 Å². The molecule has 3 heterocycles. The number of pyridine rings is 2. The Balaban J connectivity index is 1.59. The number of hydrogen-bond donors (Lipinski definition) is 2. The molecule has 0 aliphatic heterocycles. The number of carbonyl (C=O) groups excluding carboxylic acids is 1. The van der Waals surface area contributed by atoms with Crippen molar-refractivity contribution in [2.75, 3.05) is 12.4 Å². The van der Waals surface area contributed by atoms with Gasteiger partial charge in [0, 0.05) is 12.0 Å². The Morgan fingerprint density at radius 3 is 2.60 bits per heavy atom. The molecule has 1 fully saturated rings. The van der Waals surface area contributed by atoms with Gasteiger partial charge in [-0.25, -0.2) is 19.2 Å². The fourth-order valence-electron chi connectivity index (χ4n) is 4.44. The number of amides is 1. The van der Waals surface area contributed by atoms with Crippen molar-refractivity contribution < 1.29 is 18.7 Å². The summed E-state index contributed by atoms with van der Waals surface area (Å²) in [4.78, 5) is 22.4. The minimum Gasteiger partial charge on any atom is -0.479 e. The molecular weight excluding hydrogens is 515 g/mol. The summed E-state index contributed by atoms with van der Waals surface area (Å²) < 4.78 is 25.7. The molecular formula is C28H33FN8O3. The Morgan fingerprint density at radius 1 is 1.27 bits per heavy atom. The smallest absolute Gasteiger partial charge is 0.407 e. The van der Waals surface area contributed by atoms with Gasteiger partial charge in [-0.1, -0.05) is 12.5 Å². The Labute approximate surface area is 232 Å². The molecule has 40 heavy (non-hydrogen) atoms. The number of alkyl carbamates (subject to hydrolysis) is 1. The predicted molar refractivity (Wildman–Crippen MR) is 147 cm³/mol. The van der Waals surface area contributed by atoms with Gasteiger partial charge < -0.3 is 20.1 Å². The van der Waals surface area contributed by atoms with E-state index in [4.69, 9.17) is 9.47 Å². The third kappa shape index (κ3) is 6.91. The van der Waals surface area contributed by atoms with E-state index in [9.17, 15) is 10.1 Å². The number of ether oxygens (including phenoxy) is 2. The highest BCUT2D eigenvalue weighted by atomic mass is 19.1. The van der Waals surface area contributed by atoms with Crippen molar-refractivity contribution >= 4 is 23.7 Å². The van der Waals surface area contributed by atoms with Gasteiger partial charge in [0.1, 0.15) is 34.7 Å². The summed E-state index contributed by atoms with van der Waals surface area (Å²) in [5.41, 5.74) is 0.416. The molecule has 0 spiro atoms. The average Bonchev–Trinajstić information content (AvgIpc) is 3.40. The Hall–Kier alpha value is -4.53. The summed E-state index contributed by atoms with van der Waals surface area (Å²) >= 11 is 0. The molecule has 1 aliphatic rings. The molecule has 1 aliphatic carbocycles. The molecule has 1 amide bonds. The predicted octanol–water partition coefficient (Wildman–Crippen LogP) is 5.16. The minimum absolute atomic E-state index is 0.0275. The first-order chi connectivity index (χ1) is 19.1. The topological polar surface area (TPSA) is 140 Å². The van der Waals surface area contributed by atoms with Gasteiger partial charge in [-0.05, 0) is 64.7 Å². The fourth-order valence-corrected chi connectivity index (χ4v) is 4.44. The van der Waals surface area contributed by atoms with Crippen LogP contribution in [-0.4, -0.2) is 49.8 Å². The fraction of sp³-hybridized carbons (Fsp3) is 0.429. The molecule has 3 aromatic heterocycles. The number of hydrogen-bond acceptors (Lipinski definition) is 9. The van der Waals surface area contributed by atoms with Crippen LogP contribution in [0.5, 0.6) is 5.88 Å². The highest BCUT2D eigenvalue weighted by molar-refractivity contribution is 5.68. The van der Waals surface area contributed by atoms with Gasteiger partial charge in [0.05, 0.1) is 37.0 Å². The van der Waals surface area contributed by atoms with E-state index in [-0.39, 0.29) is 29.0 Å². The van der Waals surface area contributed by atoms with Crippen LogP contribution in [0, 0.1) is 29.0 Å². The van der Waals surface area contributed by atoms with E-state index >= 15 is 4.39 Å². The van der Waals surface area contributed by atoms with E-state index in [0.717, 1.165) is 25.3 Å². The Morgan fingerprint density at radius 2 is 2.00 bits per heavy atom. The quantitative estimate of drug-likeness (QED) is 0.371. The molecule has 0 bridgehead atoms. The summed E-state index contributed by atoms with van der Waals surface area (Å²) in [6, 6.07) is 4.57. The van der Waals surface area contributed by atoms with Crippen LogP contribution in [0.1, 0.15) is 58.2 Å². The van der Waals surface area contributed by atoms with E-state index in [1.54, 1.807) is 12.1 Å². The second kappa shape index (κ2) is 12.1. The van der Waals surface area contributed by atoms with Crippen LogP contribution in [-0.2, 0) is 4.74 Å². The maximum atomic E-state index is 15.0. The van der Waals surface area contributed by atoms with Crippen LogP contribution in [0.25, 0.3) is 11.8 Å². The summed E-state index contributed by atoms with van der Waals surface area (Å²) in [7, 11) is 1.48. The van der Waals surface area contributed by atoms with Gasteiger partial charge >= 0.3 is 6.09 Å². The number of carbonyl (C=O) groups is 1. The van der Waals surface area contributed by atoms with Crippen LogP contribution in [0.3, 0.4) is 0 Å². The van der Waals surface area contributed by atoms with Gasteiger partial charge in [0.25, 0.3) is 0 Å². The van der Waals surface area contributed by atoms with Gasteiger partial charge in [-0.3, -0.25) is 0 Å². The van der Waals surface area contributed by atoms with Gasteiger partial charge in [-0.15, -0.1) is 4.80 Å². The SMILES string of the molecule is COc1ncc(Nc2nc(/C=C/[C@H](C3CCC3)[C@H](C)NC(=O)OC(C)(C)C)c(F)cc2C#N)cc1-n1nccn1. The first kappa shape index (κ1) is 28.5. The van der Waals surface area contributed by atoms with E-state index in [0.29, 0.717) is 23.2 Å². The number of anilines is 2. The molecule has 12 heteroatoms. The maximum absolute atomic E-state index is 15.0. The van der Waals surface area contributed by atoms with Crippen LogP contribution in [0.4, 0.5) is 20.7 Å². The van der Waals surface area contributed by atoms with Crippen LogP contribution >= 0.6 is 0 Å². The summed E-state index contributed by atoms with van der Waals surface area (Å²) in [5, 5.41) is 23.8. The lowest BCUT2D eigenvalue weighted by Crippen LogP contribution is -2.44. The summed E-state index contributed by atoms with van der Waals surface area (Å²) in [5.74, 6) is 0.126. The van der Waals surface area contributed by atoms with Crippen molar-refractivity contribution in [1.82, 2.24) is 30.3 Å². The van der Waals surface area contributed by atoms with E-state index in [1.165, 1.54) is 30.5 Å². The molecule has 0 saturated heterocycles. The zero-order valence-corrected chi connectivity index (χ0v) is 23.2. The molecule has 3 aromatic rings.